The van der Waals surface area contributed by atoms with Crippen molar-refractivity contribution in [3.8, 4) is 0 Å². The average Bonchev–Trinajstić information content (AvgIpc) is 2.20. The molecule has 0 aromatic heterocycles. The lowest BCUT2D eigenvalue weighted by Gasteiger charge is -2.10. The van der Waals surface area contributed by atoms with Gasteiger partial charge in [0.2, 0.25) is 0 Å². The molecule has 1 rings (SSSR count). The van der Waals surface area contributed by atoms with Crippen molar-refractivity contribution in [2.75, 3.05) is 11.9 Å². The van der Waals surface area contributed by atoms with E-state index in [1.54, 1.807) is 0 Å². The Morgan fingerprint density at radius 3 is 2.38 bits per heavy atom. The van der Waals surface area contributed by atoms with E-state index in [0.717, 1.165) is 32.1 Å². The number of guanidine groups is 1. The van der Waals surface area contributed by atoms with Crippen molar-refractivity contribution < 1.29 is 0 Å². The summed E-state index contributed by atoms with van der Waals surface area (Å²) in [7, 11) is 0. The smallest absolute Gasteiger partial charge is 0.193 e. The summed E-state index contributed by atoms with van der Waals surface area (Å²) in [5.41, 5.74) is 6.63. The molecule has 0 unspecified atom stereocenters. The van der Waals surface area contributed by atoms with E-state index < -0.39 is 0 Å². The normalized spacial score (nSPS) is 11.6. The molecule has 88 valence electrons. The highest BCUT2D eigenvalue weighted by molar-refractivity contribution is 9.11. The van der Waals surface area contributed by atoms with Gasteiger partial charge in [-0.3, -0.25) is 4.99 Å². The molecule has 0 atom stereocenters. The van der Waals surface area contributed by atoms with Crippen LogP contribution < -0.4 is 11.1 Å². The molecule has 0 saturated carbocycles. The highest BCUT2D eigenvalue weighted by Gasteiger charge is 2.07. The highest BCUT2D eigenvalue weighted by atomic mass is 79.9. The molecule has 0 aliphatic carbocycles. The molecule has 0 spiro atoms. The van der Waals surface area contributed by atoms with Gasteiger partial charge in [0.05, 0.1) is 5.69 Å². The third-order valence-electron chi connectivity index (χ3n) is 1.77. The van der Waals surface area contributed by atoms with Crippen LogP contribution in [-0.4, -0.2) is 12.5 Å². The van der Waals surface area contributed by atoms with Crippen molar-refractivity contribution in [3.63, 3.8) is 0 Å². The molecule has 1 aromatic rings. The lowest BCUT2D eigenvalue weighted by molar-refractivity contribution is 0.929. The quantitative estimate of drug-likeness (QED) is 0.578. The SMILES string of the molecule is CCCN=C(N)Nc1c(Br)cc(Br)cc1Br. The van der Waals surface area contributed by atoms with Crippen molar-refractivity contribution in [1.82, 2.24) is 0 Å². The van der Waals surface area contributed by atoms with Crippen LogP contribution in [0.5, 0.6) is 0 Å². The third kappa shape index (κ3) is 4.07. The lowest BCUT2D eigenvalue weighted by atomic mass is 10.3. The Bertz CT molecular complexity index is 381. The average molecular weight is 414 g/mol. The first-order chi connectivity index (χ1) is 7.54. The van der Waals surface area contributed by atoms with Crippen LogP contribution >= 0.6 is 47.8 Å². The summed E-state index contributed by atoms with van der Waals surface area (Å²) in [4.78, 5) is 4.17. The maximum atomic E-state index is 5.75. The minimum Gasteiger partial charge on any atom is -0.370 e. The van der Waals surface area contributed by atoms with E-state index in [9.17, 15) is 0 Å². The van der Waals surface area contributed by atoms with Crippen molar-refractivity contribution in [3.05, 3.63) is 25.6 Å². The van der Waals surface area contributed by atoms with Crippen molar-refractivity contribution >= 4 is 59.4 Å². The molecule has 6 heteroatoms. The summed E-state index contributed by atoms with van der Waals surface area (Å²) in [6.07, 6.45) is 0.977. The molecular weight excluding hydrogens is 402 g/mol. The number of hydrogen-bond donors (Lipinski definition) is 2. The van der Waals surface area contributed by atoms with Gasteiger partial charge < -0.3 is 11.1 Å². The van der Waals surface area contributed by atoms with Crippen LogP contribution in [0.1, 0.15) is 13.3 Å². The first-order valence-electron chi connectivity index (χ1n) is 4.76. The number of rotatable bonds is 3. The van der Waals surface area contributed by atoms with Crippen LogP contribution in [0.4, 0.5) is 5.69 Å². The fourth-order valence-electron chi connectivity index (χ4n) is 1.06. The van der Waals surface area contributed by atoms with Gasteiger partial charge in [-0.15, -0.1) is 0 Å². The van der Waals surface area contributed by atoms with Gasteiger partial charge in [0, 0.05) is 20.0 Å². The Balaban J connectivity index is 2.89. The summed E-state index contributed by atoms with van der Waals surface area (Å²) < 4.78 is 2.83. The minimum atomic E-state index is 0.422. The van der Waals surface area contributed by atoms with Crippen LogP contribution in [0.15, 0.2) is 30.5 Å². The van der Waals surface area contributed by atoms with Crippen LogP contribution in [0.25, 0.3) is 0 Å². The van der Waals surface area contributed by atoms with Crippen LogP contribution in [0.2, 0.25) is 0 Å². The van der Waals surface area contributed by atoms with Gasteiger partial charge in [0.25, 0.3) is 0 Å². The van der Waals surface area contributed by atoms with E-state index in [1.165, 1.54) is 0 Å². The number of halogens is 3. The second kappa shape index (κ2) is 6.61. The summed E-state index contributed by atoms with van der Waals surface area (Å²) in [6, 6.07) is 3.89. The number of anilines is 1. The Morgan fingerprint density at radius 1 is 1.31 bits per heavy atom. The molecule has 16 heavy (non-hydrogen) atoms. The molecule has 3 nitrogen and oxygen atoms in total. The van der Waals surface area contributed by atoms with E-state index in [2.05, 4.69) is 65.0 Å². The Morgan fingerprint density at radius 2 is 1.88 bits per heavy atom. The predicted octanol–water partition coefficient (Wildman–Crippen LogP) is 4.11. The fraction of sp³-hybridized carbons (Fsp3) is 0.300. The maximum absolute atomic E-state index is 5.75. The topological polar surface area (TPSA) is 50.4 Å². The maximum Gasteiger partial charge on any atom is 0.193 e. The molecular formula is C10H12Br3N3. The van der Waals surface area contributed by atoms with Gasteiger partial charge in [0.15, 0.2) is 5.96 Å². The van der Waals surface area contributed by atoms with E-state index in [0.29, 0.717) is 5.96 Å². The van der Waals surface area contributed by atoms with Crippen molar-refractivity contribution in [1.29, 1.82) is 0 Å². The van der Waals surface area contributed by atoms with Gasteiger partial charge in [0.1, 0.15) is 0 Å². The molecule has 0 radical (unpaired) electrons. The summed E-state index contributed by atoms with van der Waals surface area (Å²) >= 11 is 10.3. The Labute approximate surface area is 120 Å². The van der Waals surface area contributed by atoms with E-state index in [4.69, 9.17) is 5.73 Å². The zero-order valence-corrected chi connectivity index (χ0v) is 13.5. The van der Waals surface area contributed by atoms with E-state index in [-0.39, 0.29) is 0 Å². The lowest BCUT2D eigenvalue weighted by Crippen LogP contribution is -2.23. The molecule has 0 fully saturated rings. The Hall–Kier alpha value is -0.0700. The van der Waals surface area contributed by atoms with Gasteiger partial charge >= 0.3 is 0 Å². The fourth-order valence-corrected chi connectivity index (χ4v) is 3.52. The number of nitrogens with zero attached hydrogens (tertiary/aromatic N) is 1. The molecule has 0 heterocycles. The molecule has 0 aliphatic heterocycles. The van der Waals surface area contributed by atoms with Crippen molar-refractivity contribution in [2.45, 2.75) is 13.3 Å². The van der Waals surface area contributed by atoms with Gasteiger partial charge in [-0.1, -0.05) is 22.9 Å². The minimum absolute atomic E-state index is 0.422. The Kier molecular flexibility index (Phi) is 5.78. The number of nitrogens with one attached hydrogen (secondary N) is 1. The summed E-state index contributed by atoms with van der Waals surface area (Å²) in [5, 5.41) is 3.05. The number of benzene rings is 1. The second-order valence-corrected chi connectivity index (χ2v) is 5.76. The standard InChI is InChI=1S/C10H12Br3N3/c1-2-3-15-10(14)16-9-7(12)4-6(11)5-8(9)13/h4-5H,2-3H2,1H3,(H3,14,15,16). The second-order valence-electron chi connectivity index (χ2n) is 3.14. The molecule has 3 N–H and O–H groups in total. The monoisotopic (exact) mass is 411 g/mol. The van der Waals surface area contributed by atoms with E-state index >= 15 is 0 Å². The number of nitrogens with two attached hydrogens (primary N) is 1. The van der Waals surface area contributed by atoms with Crippen LogP contribution in [0, 0.1) is 0 Å². The van der Waals surface area contributed by atoms with Gasteiger partial charge in [-0.2, -0.15) is 0 Å². The van der Waals surface area contributed by atoms with Crippen LogP contribution in [-0.2, 0) is 0 Å². The largest absolute Gasteiger partial charge is 0.370 e. The molecule has 0 aliphatic rings. The number of hydrogen-bond acceptors (Lipinski definition) is 1. The summed E-state index contributed by atoms with van der Waals surface area (Å²) in [5.74, 6) is 0.422. The predicted molar refractivity (Wildman–Crippen MR) is 79.9 cm³/mol. The molecule has 0 amide bonds. The van der Waals surface area contributed by atoms with E-state index in [1.807, 2.05) is 12.1 Å². The summed E-state index contributed by atoms with van der Waals surface area (Å²) in [6.45, 7) is 2.78. The van der Waals surface area contributed by atoms with Crippen molar-refractivity contribution in [2.24, 2.45) is 10.7 Å². The molecule has 0 saturated heterocycles. The number of aliphatic imine (C=N–C) groups is 1. The molecule has 0 bridgehead atoms. The zero-order chi connectivity index (χ0) is 12.1. The van der Waals surface area contributed by atoms with Gasteiger partial charge in [-0.05, 0) is 50.4 Å². The van der Waals surface area contributed by atoms with Crippen LogP contribution in [0.3, 0.4) is 0 Å². The third-order valence-corrected chi connectivity index (χ3v) is 3.47. The first-order valence-corrected chi connectivity index (χ1v) is 7.14. The zero-order valence-electron chi connectivity index (χ0n) is 8.73. The molecule has 1 aromatic carbocycles. The highest BCUT2D eigenvalue weighted by Crippen LogP contribution is 2.34. The van der Waals surface area contributed by atoms with Gasteiger partial charge in [-0.25, -0.2) is 0 Å². The first kappa shape index (κ1) is 14.0.